The quantitative estimate of drug-likeness (QED) is 0.440. The molecule has 0 bridgehead atoms. The van der Waals surface area contributed by atoms with Crippen LogP contribution in [0.25, 0.3) is 0 Å². The largest absolute Gasteiger partial charge is 0.388 e. The number of aliphatic imine (C=N–C) groups is 1. The first-order chi connectivity index (χ1) is 7.27. The number of nitrogens with two attached hydrogens (primary N) is 1. The summed E-state index contributed by atoms with van der Waals surface area (Å²) in [5.74, 6) is 0.631. The van der Waals surface area contributed by atoms with Crippen LogP contribution in [0.3, 0.4) is 0 Å². The van der Waals surface area contributed by atoms with Gasteiger partial charge < -0.3 is 11.1 Å². The molecule has 15 heavy (non-hydrogen) atoms. The van der Waals surface area contributed by atoms with Crippen LogP contribution in [0, 0.1) is 0 Å². The minimum atomic E-state index is 0.631. The molecular formula is C12H19N3. The highest BCUT2D eigenvalue weighted by Gasteiger charge is 1.97. The second-order valence-corrected chi connectivity index (χ2v) is 3.45. The van der Waals surface area contributed by atoms with Gasteiger partial charge in [-0.15, -0.1) is 0 Å². The molecule has 0 aliphatic rings. The molecule has 0 aliphatic carbocycles. The lowest BCUT2D eigenvalue weighted by atomic mass is 10.2. The molecule has 0 amide bonds. The first-order valence-corrected chi connectivity index (χ1v) is 5.36. The Hall–Kier alpha value is -1.51. The molecule has 0 aliphatic heterocycles. The molecular weight excluding hydrogens is 186 g/mol. The van der Waals surface area contributed by atoms with Crippen molar-refractivity contribution in [2.24, 2.45) is 10.7 Å². The zero-order valence-corrected chi connectivity index (χ0v) is 9.46. The minimum Gasteiger partial charge on any atom is -0.388 e. The van der Waals surface area contributed by atoms with Crippen molar-refractivity contribution < 1.29 is 0 Å². The Morgan fingerprint density at radius 2 is 2.00 bits per heavy atom. The summed E-state index contributed by atoms with van der Waals surface area (Å²) in [5.41, 5.74) is 7.93. The average Bonchev–Trinajstić information content (AvgIpc) is 2.29. The van der Waals surface area contributed by atoms with Crippen molar-refractivity contribution in [2.75, 3.05) is 18.9 Å². The number of hydrogen-bond donors (Lipinski definition) is 2. The van der Waals surface area contributed by atoms with Gasteiger partial charge in [0.1, 0.15) is 5.84 Å². The molecule has 3 N–H and O–H groups in total. The van der Waals surface area contributed by atoms with Crippen LogP contribution in [-0.4, -0.2) is 19.4 Å². The number of rotatable bonds is 5. The normalized spacial score (nSPS) is 11.5. The van der Waals surface area contributed by atoms with Crippen LogP contribution < -0.4 is 11.1 Å². The van der Waals surface area contributed by atoms with E-state index >= 15 is 0 Å². The van der Waals surface area contributed by atoms with Crippen LogP contribution in [0.5, 0.6) is 0 Å². The lowest BCUT2D eigenvalue weighted by Gasteiger charge is -2.03. The van der Waals surface area contributed by atoms with Gasteiger partial charge in [-0.2, -0.15) is 0 Å². The van der Waals surface area contributed by atoms with E-state index in [2.05, 4.69) is 17.2 Å². The zero-order valence-electron chi connectivity index (χ0n) is 9.46. The van der Waals surface area contributed by atoms with E-state index in [4.69, 9.17) is 5.73 Å². The van der Waals surface area contributed by atoms with Crippen LogP contribution in [0.15, 0.2) is 29.3 Å². The maximum Gasteiger partial charge on any atom is 0.125 e. The molecule has 1 rings (SSSR count). The second-order valence-electron chi connectivity index (χ2n) is 3.45. The minimum absolute atomic E-state index is 0.631. The molecule has 1 aromatic carbocycles. The first-order valence-electron chi connectivity index (χ1n) is 5.36. The van der Waals surface area contributed by atoms with Crippen molar-refractivity contribution in [1.29, 1.82) is 0 Å². The van der Waals surface area contributed by atoms with Crippen LogP contribution in [0.2, 0.25) is 0 Å². The smallest absolute Gasteiger partial charge is 0.125 e. The Labute approximate surface area is 91.4 Å². The number of amidine groups is 1. The molecule has 0 heterocycles. The summed E-state index contributed by atoms with van der Waals surface area (Å²) in [4.78, 5) is 4.31. The third kappa shape index (κ3) is 3.62. The topological polar surface area (TPSA) is 50.4 Å². The van der Waals surface area contributed by atoms with Gasteiger partial charge >= 0.3 is 0 Å². The Morgan fingerprint density at radius 1 is 1.33 bits per heavy atom. The maximum absolute atomic E-state index is 5.86. The molecule has 0 aromatic heterocycles. The zero-order chi connectivity index (χ0) is 11.1. The standard InChI is InChI=1S/C12H19N3/c1-3-4-9-15-12(13)10-5-7-11(14-2)8-6-10/h5-8,14H,3-4,9H2,1-2H3,(H2,13,15). The number of nitrogens with one attached hydrogen (secondary N) is 1. The van der Waals surface area contributed by atoms with Crippen molar-refractivity contribution >= 4 is 11.5 Å². The van der Waals surface area contributed by atoms with Crippen molar-refractivity contribution in [2.45, 2.75) is 19.8 Å². The fourth-order valence-electron chi connectivity index (χ4n) is 1.26. The summed E-state index contributed by atoms with van der Waals surface area (Å²) in [6.45, 7) is 2.96. The molecule has 0 fully saturated rings. The number of anilines is 1. The molecule has 0 saturated carbocycles. The van der Waals surface area contributed by atoms with E-state index in [-0.39, 0.29) is 0 Å². The van der Waals surface area contributed by atoms with Crippen molar-refractivity contribution in [1.82, 2.24) is 0 Å². The molecule has 0 spiro atoms. The van der Waals surface area contributed by atoms with Crippen molar-refractivity contribution in [3.8, 4) is 0 Å². The Balaban J connectivity index is 2.65. The van der Waals surface area contributed by atoms with Crippen molar-refractivity contribution in [3.63, 3.8) is 0 Å². The molecule has 0 radical (unpaired) electrons. The lowest BCUT2D eigenvalue weighted by Crippen LogP contribution is -2.13. The molecule has 0 saturated heterocycles. The van der Waals surface area contributed by atoms with E-state index in [1.807, 2.05) is 31.3 Å². The Morgan fingerprint density at radius 3 is 2.53 bits per heavy atom. The maximum atomic E-state index is 5.86. The van der Waals surface area contributed by atoms with E-state index in [1.54, 1.807) is 0 Å². The Kier molecular flexibility index (Phi) is 4.68. The summed E-state index contributed by atoms with van der Waals surface area (Å²) < 4.78 is 0. The SMILES string of the molecule is CCCCN=C(N)c1ccc(NC)cc1. The molecule has 0 unspecified atom stereocenters. The number of unbranched alkanes of at least 4 members (excludes halogenated alkanes) is 1. The van der Waals surface area contributed by atoms with Gasteiger partial charge in [-0.3, -0.25) is 4.99 Å². The van der Waals surface area contributed by atoms with Gasteiger partial charge in [0.25, 0.3) is 0 Å². The first kappa shape index (κ1) is 11.6. The van der Waals surface area contributed by atoms with Gasteiger partial charge in [0.2, 0.25) is 0 Å². The number of hydrogen-bond acceptors (Lipinski definition) is 2. The van der Waals surface area contributed by atoms with E-state index in [9.17, 15) is 0 Å². The van der Waals surface area contributed by atoms with Gasteiger partial charge in [-0.05, 0) is 30.7 Å². The van der Waals surface area contributed by atoms with E-state index in [1.165, 1.54) is 0 Å². The van der Waals surface area contributed by atoms with Crippen LogP contribution in [0.1, 0.15) is 25.3 Å². The highest BCUT2D eigenvalue weighted by atomic mass is 14.8. The molecule has 3 nitrogen and oxygen atoms in total. The van der Waals surface area contributed by atoms with Gasteiger partial charge in [-0.25, -0.2) is 0 Å². The van der Waals surface area contributed by atoms with Crippen LogP contribution in [0.4, 0.5) is 5.69 Å². The summed E-state index contributed by atoms with van der Waals surface area (Å²) in [6.07, 6.45) is 2.24. The summed E-state index contributed by atoms with van der Waals surface area (Å²) in [7, 11) is 1.90. The third-order valence-electron chi connectivity index (χ3n) is 2.26. The lowest BCUT2D eigenvalue weighted by molar-refractivity contribution is 0.807. The van der Waals surface area contributed by atoms with E-state index in [0.717, 1.165) is 30.6 Å². The average molecular weight is 205 g/mol. The van der Waals surface area contributed by atoms with Gasteiger partial charge in [0.15, 0.2) is 0 Å². The Bertz CT molecular complexity index is 314. The molecule has 1 aromatic rings. The number of benzene rings is 1. The van der Waals surface area contributed by atoms with Gasteiger partial charge in [0, 0.05) is 24.8 Å². The predicted octanol–water partition coefficient (Wildman–Crippen LogP) is 2.23. The second kappa shape index (κ2) is 6.06. The summed E-state index contributed by atoms with van der Waals surface area (Å²) in [6, 6.07) is 7.96. The van der Waals surface area contributed by atoms with Crippen LogP contribution >= 0.6 is 0 Å². The highest BCUT2D eigenvalue weighted by molar-refractivity contribution is 5.97. The monoisotopic (exact) mass is 205 g/mol. The van der Waals surface area contributed by atoms with E-state index < -0.39 is 0 Å². The van der Waals surface area contributed by atoms with Crippen LogP contribution in [-0.2, 0) is 0 Å². The molecule has 0 atom stereocenters. The van der Waals surface area contributed by atoms with Gasteiger partial charge in [-0.1, -0.05) is 13.3 Å². The fraction of sp³-hybridized carbons (Fsp3) is 0.417. The molecule has 82 valence electrons. The highest BCUT2D eigenvalue weighted by Crippen LogP contribution is 2.08. The fourth-order valence-corrected chi connectivity index (χ4v) is 1.26. The van der Waals surface area contributed by atoms with Crippen molar-refractivity contribution in [3.05, 3.63) is 29.8 Å². The number of nitrogens with zero attached hydrogens (tertiary/aromatic N) is 1. The van der Waals surface area contributed by atoms with E-state index in [0.29, 0.717) is 5.84 Å². The summed E-state index contributed by atoms with van der Waals surface area (Å²) in [5, 5.41) is 3.06. The third-order valence-corrected chi connectivity index (χ3v) is 2.26. The summed E-state index contributed by atoms with van der Waals surface area (Å²) >= 11 is 0. The van der Waals surface area contributed by atoms with Gasteiger partial charge in [0.05, 0.1) is 0 Å². The predicted molar refractivity (Wildman–Crippen MR) is 66.5 cm³/mol. The molecule has 3 heteroatoms.